The van der Waals surface area contributed by atoms with Gasteiger partial charge in [-0.15, -0.1) is 0 Å². The fourth-order valence-electron chi connectivity index (χ4n) is 2.17. The third-order valence-electron chi connectivity index (χ3n) is 3.46. The molecular weight excluding hydrogens is 214 g/mol. The Hall–Kier alpha value is -1.22. The summed E-state index contributed by atoms with van der Waals surface area (Å²) in [6, 6.07) is 6.38. The summed E-state index contributed by atoms with van der Waals surface area (Å²) >= 11 is 0. The number of hydrogen-bond donors (Lipinski definition) is 0. The Morgan fingerprint density at radius 2 is 2.00 bits per heavy atom. The summed E-state index contributed by atoms with van der Waals surface area (Å²) in [5.74, 6) is 0.925. The zero-order chi connectivity index (χ0) is 12.5. The van der Waals surface area contributed by atoms with Crippen LogP contribution in [0, 0.1) is 0 Å². The Balaban J connectivity index is 2.34. The van der Waals surface area contributed by atoms with Crippen molar-refractivity contribution < 1.29 is 9.47 Å². The lowest BCUT2D eigenvalue weighted by atomic mass is 10.0. The lowest BCUT2D eigenvalue weighted by Crippen LogP contribution is -2.22. The van der Waals surface area contributed by atoms with Crippen molar-refractivity contribution in [1.29, 1.82) is 0 Å². The standard InChI is InChI=1S/C14H21NO2/c1-5-15(6-2)11-7-8-12(13(9-11)16-4)14(3)10-17-14/h7-9H,5-6,10H2,1-4H3. The van der Waals surface area contributed by atoms with Crippen molar-refractivity contribution in [3.05, 3.63) is 23.8 Å². The van der Waals surface area contributed by atoms with Crippen molar-refractivity contribution in [2.45, 2.75) is 26.4 Å². The number of ether oxygens (including phenoxy) is 2. The summed E-state index contributed by atoms with van der Waals surface area (Å²) in [5.41, 5.74) is 2.23. The molecule has 1 atom stereocenters. The van der Waals surface area contributed by atoms with Crippen molar-refractivity contribution in [1.82, 2.24) is 0 Å². The number of nitrogens with zero attached hydrogens (tertiary/aromatic N) is 1. The van der Waals surface area contributed by atoms with Gasteiger partial charge in [0.2, 0.25) is 0 Å². The van der Waals surface area contributed by atoms with Crippen molar-refractivity contribution in [2.24, 2.45) is 0 Å². The number of anilines is 1. The molecule has 0 amide bonds. The van der Waals surface area contributed by atoms with Crippen LogP contribution in [0.3, 0.4) is 0 Å². The summed E-state index contributed by atoms with van der Waals surface area (Å²) in [6.45, 7) is 9.22. The molecule has 0 aliphatic carbocycles. The summed E-state index contributed by atoms with van der Waals surface area (Å²) in [5, 5.41) is 0. The van der Waals surface area contributed by atoms with E-state index in [1.54, 1.807) is 7.11 Å². The van der Waals surface area contributed by atoms with Gasteiger partial charge in [-0.1, -0.05) is 6.07 Å². The monoisotopic (exact) mass is 235 g/mol. The maximum absolute atomic E-state index is 5.48. The highest BCUT2D eigenvalue weighted by molar-refractivity contribution is 5.55. The molecule has 0 bridgehead atoms. The van der Waals surface area contributed by atoms with E-state index in [4.69, 9.17) is 9.47 Å². The fraction of sp³-hybridized carbons (Fsp3) is 0.571. The number of rotatable bonds is 5. The van der Waals surface area contributed by atoms with Crippen molar-refractivity contribution in [3.8, 4) is 5.75 Å². The molecule has 0 saturated carbocycles. The summed E-state index contributed by atoms with van der Waals surface area (Å²) in [4.78, 5) is 2.31. The first-order chi connectivity index (χ1) is 8.14. The number of benzene rings is 1. The van der Waals surface area contributed by atoms with Crippen LogP contribution in [0.5, 0.6) is 5.75 Å². The minimum absolute atomic E-state index is 0.132. The largest absolute Gasteiger partial charge is 0.496 e. The van der Waals surface area contributed by atoms with Crippen LogP contribution in [0.15, 0.2) is 18.2 Å². The molecule has 17 heavy (non-hydrogen) atoms. The van der Waals surface area contributed by atoms with Crippen molar-refractivity contribution in [3.63, 3.8) is 0 Å². The van der Waals surface area contributed by atoms with Gasteiger partial charge in [-0.25, -0.2) is 0 Å². The Labute approximate surface area is 103 Å². The first kappa shape index (κ1) is 12.2. The van der Waals surface area contributed by atoms with E-state index < -0.39 is 0 Å². The van der Waals surface area contributed by atoms with E-state index >= 15 is 0 Å². The van der Waals surface area contributed by atoms with E-state index in [-0.39, 0.29) is 5.60 Å². The average molecular weight is 235 g/mol. The van der Waals surface area contributed by atoms with Crippen molar-refractivity contribution >= 4 is 5.69 Å². The maximum atomic E-state index is 5.48. The van der Waals surface area contributed by atoms with Gasteiger partial charge in [-0.05, 0) is 26.8 Å². The molecule has 1 fully saturated rings. The minimum Gasteiger partial charge on any atom is -0.496 e. The predicted octanol–water partition coefficient (Wildman–Crippen LogP) is 2.79. The molecule has 2 rings (SSSR count). The van der Waals surface area contributed by atoms with Crippen LogP contribution in [0.25, 0.3) is 0 Å². The van der Waals surface area contributed by atoms with Gasteiger partial charge in [0.1, 0.15) is 11.4 Å². The second kappa shape index (κ2) is 4.57. The Bertz CT molecular complexity index is 395. The molecule has 1 aromatic carbocycles. The summed E-state index contributed by atoms with van der Waals surface area (Å²) in [6.07, 6.45) is 0. The quantitative estimate of drug-likeness (QED) is 0.734. The van der Waals surface area contributed by atoms with Crippen LogP contribution in [-0.2, 0) is 10.3 Å². The average Bonchev–Trinajstić information content (AvgIpc) is 3.10. The minimum atomic E-state index is -0.132. The molecule has 0 spiro atoms. The second-order valence-corrected chi connectivity index (χ2v) is 4.58. The molecular formula is C14H21NO2. The fourth-order valence-corrected chi connectivity index (χ4v) is 2.17. The van der Waals surface area contributed by atoms with Gasteiger partial charge in [0.25, 0.3) is 0 Å². The summed E-state index contributed by atoms with van der Waals surface area (Å²) in [7, 11) is 1.72. The van der Waals surface area contributed by atoms with Crippen LogP contribution in [0.1, 0.15) is 26.3 Å². The first-order valence-corrected chi connectivity index (χ1v) is 6.22. The Morgan fingerprint density at radius 1 is 1.35 bits per heavy atom. The first-order valence-electron chi connectivity index (χ1n) is 6.22. The van der Waals surface area contributed by atoms with Gasteiger partial charge in [0.05, 0.1) is 13.7 Å². The Kier molecular flexibility index (Phi) is 3.29. The van der Waals surface area contributed by atoms with Gasteiger partial charge in [-0.3, -0.25) is 0 Å². The topological polar surface area (TPSA) is 25.0 Å². The van der Waals surface area contributed by atoms with Crippen LogP contribution >= 0.6 is 0 Å². The third kappa shape index (κ3) is 2.25. The van der Waals surface area contributed by atoms with E-state index in [9.17, 15) is 0 Å². The Morgan fingerprint density at radius 3 is 2.47 bits per heavy atom. The zero-order valence-electron chi connectivity index (χ0n) is 11.1. The lowest BCUT2D eigenvalue weighted by molar-refractivity contribution is 0.316. The van der Waals surface area contributed by atoms with Crippen LogP contribution in [0.2, 0.25) is 0 Å². The van der Waals surface area contributed by atoms with Crippen molar-refractivity contribution in [2.75, 3.05) is 31.7 Å². The molecule has 0 aromatic heterocycles. The predicted molar refractivity (Wildman–Crippen MR) is 69.9 cm³/mol. The normalized spacial score (nSPS) is 22.4. The van der Waals surface area contributed by atoms with Crippen LogP contribution in [0.4, 0.5) is 5.69 Å². The highest BCUT2D eigenvalue weighted by atomic mass is 16.6. The highest BCUT2D eigenvalue weighted by Gasteiger charge is 2.43. The van der Waals surface area contributed by atoms with E-state index in [1.807, 2.05) is 0 Å². The van der Waals surface area contributed by atoms with E-state index in [0.29, 0.717) is 0 Å². The molecule has 0 N–H and O–H groups in total. The number of hydrogen-bond acceptors (Lipinski definition) is 3. The summed E-state index contributed by atoms with van der Waals surface area (Å²) < 4.78 is 11.0. The van der Waals surface area contributed by atoms with Crippen LogP contribution < -0.4 is 9.64 Å². The van der Waals surface area contributed by atoms with E-state index in [0.717, 1.165) is 31.0 Å². The molecule has 0 radical (unpaired) electrons. The number of epoxide rings is 1. The lowest BCUT2D eigenvalue weighted by Gasteiger charge is -2.23. The van der Waals surface area contributed by atoms with E-state index in [1.165, 1.54) is 5.69 Å². The molecule has 3 heteroatoms. The molecule has 1 unspecified atom stereocenters. The molecule has 1 saturated heterocycles. The van der Waals surface area contributed by atoms with Crippen LogP contribution in [-0.4, -0.2) is 26.8 Å². The smallest absolute Gasteiger partial charge is 0.127 e. The highest BCUT2D eigenvalue weighted by Crippen LogP contribution is 2.43. The third-order valence-corrected chi connectivity index (χ3v) is 3.46. The van der Waals surface area contributed by atoms with Gasteiger partial charge >= 0.3 is 0 Å². The number of methoxy groups -OCH3 is 1. The molecule has 3 nitrogen and oxygen atoms in total. The maximum Gasteiger partial charge on any atom is 0.127 e. The second-order valence-electron chi connectivity index (χ2n) is 4.58. The van der Waals surface area contributed by atoms with E-state index in [2.05, 4.69) is 43.9 Å². The molecule has 94 valence electrons. The molecule has 1 aliphatic rings. The molecule has 1 heterocycles. The van der Waals surface area contributed by atoms with Gasteiger partial charge in [-0.2, -0.15) is 0 Å². The van der Waals surface area contributed by atoms with Gasteiger partial charge < -0.3 is 14.4 Å². The molecule has 1 aromatic rings. The van der Waals surface area contributed by atoms with Gasteiger partial charge in [0, 0.05) is 30.4 Å². The molecule has 1 aliphatic heterocycles. The zero-order valence-corrected chi connectivity index (χ0v) is 11.1. The SMILES string of the molecule is CCN(CC)c1ccc(C2(C)CO2)c(OC)c1. The van der Waals surface area contributed by atoms with Gasteiger partial charge in [0.15, 0.2) is 0 Å².